The lowest BCUT2D eigenvalue weighted by molar-refractivity contribution is -0.384. The normalized spacial score (nSPS) is 17.3. The van der Waals surface area contributed by atoms with Crippen LogP contribution in [0.2, 0.25) is 0 Å². The van der Waals surface area contributed by atoms with Crippen LogP contribution in [0.1, 0.15) is 16.8 Å². The molecule has 7 nitrogen and oxygen atoms in total. The van der Waals surface area contributed by atoms with Crippen LogP contribution in [0.15, 0.2) is 18.2 Å². The monoisotopic (exact) mass is 246 g/mol. The molecule has 0 saturated carbocycles. The number of Topliss-reactive ketones (excluding diaryl/α,β-unsaturated/α-hetero) is 2. The number of ketones is 2. The molecule has 0 fully saturated rings. The van der Waals surface area contributed by atoms with Crippen LogP contribution in [0, 0.1) is 21.4 Å². The van der Waals surface area contributed by atoms with Gasteiger partial charge in [0.15, 0.2) is 11.9 Å². The van der Waals surface area contributed by atoms with Crippen molar-refractivity contribution in [2.24, 2.45) is 0 Å². The minimum Gasteiger partial charge on any atom is -0.480 e. The van der Waals surface area contributed by atoms with Gasteiger partial charge < -0.3 is 4.74 Å². The van der Waals surface area contributed by atoms with Crippen LogP contribution in [0.5, 0.6) is 5.75 Å². The number of fused-ring (bicyclic) bond motifs is 1. The average Bonchev–Trinajstić information content (AvgIpc) is 2.37. The number of hydrogen-bond acceptors (Lipinski definition) is 6. The van der Waals surface area contributed by atoms with Gasteiger partial charge in [-0.1, -0.05) is 0 Å². The Kier molecular flexibility index (Phi) is 2.77. The van der Waals surface area contributed by atoms with Crippen molar-refractivity contribution in [3.63, 3.8) is 0 Å². The highest BCUT2D eigenvalue weighted by Gasteiger charge is 2.32. The smallest absolute Gasteiger partial charge is 0.272 e. The van der Waals surface area contributed by atoms with Crippen molar-refractivity contribution in [1.29, 1.82) is 5.26 Å². The Morgan fingerprint density at radius 1 is 1.56 bits per heavy atom. The summed E-state index contributed by atoms with van der Waals surface area (Å²) in [6.07, 6.45) is -1.41. The summed E-state index contributed by atoms with van der Waals surface area (Å²) in [4.78, 5) is 32.8. The summed E-state index contributed by atoms with van der Waals surface area (Å²) in [7, 11) is 0. The molecule has 1 aromatic rings. The Morgan fingerprint density at radius 3 is 2.89 bits per heavy atom. The maximum atomic E-state index is 11.7. The van der Waals surface area contributed by atoms with E-state index in [2.05, 4.69) is 0 Å². The van der Waals surface area contributed by atoms with E-state index in [4.69, 9.17) is 10.00 Å². The molecule has 0 bridgehead atoms. The number of nitro benzene ring substituents is 1. The fourth-order valence-corrected chi connectivity index (χ4v) is 1.64. The standard InChI is InChI=1S/C11H6N2O5/c12-5-9(15)11-4-8(14)7-3-6(13(16)17)1-2-10(7)18-11/h1-3,11H,4H2. The molecular weight excluding hydrogens is 240 g/mol. The van der Waals surface area contributed by atoms with Gasteiger partial charge in [-0.15, -0.1) is 0 Å². The van der Waals surface area contributed by atoms with E-state index in [0.717, 1.165) is 6.07 Å². The third-order valence-corrected chi connectivity index (χ3v) is 2.52. The quantitative estimate of drug-likeness (QED) is 0.437. The highest BCUT2D eigenvalue weighted by atomic mass is 16.6. The third-order valence-electron chi connectivity index (χ3n) is 2.52. The summed E-state index contributed by atoms with van der Waals surface area (Å²) in [6, 6.07) is 4.92. The van der Waals surface area contributed by atoms with Crippen molar-refractivity contribution in [2.45, 2.75) is 12.5 Å². The summed E-state index contributed by atoms with van der Waals surface area (Å²) in [5, 5.41) is 19.0. The molecule has 7 heteroatoms. The molecule has 90 valence electrons. The molecule has 0 amide bonds. The zero-order valence-corrected chi connectivity index (χ0v) is 8.95. The fraction of sp³-hybridized carbons (Fsp3) is 0.182. The first-order valence-electron chi connectivity index (χ1n) is 4.95. The van der Waals surface area contributed by atoms with Crippen molar-refractivity contribution in [1.82, 2.24) is 0 Å². The second-order valence-corrected chi connectivity index (χ2v) is 3.65. The first kappa shape index (κ1) is 11.7. The number of nitrogens with zero attached hydrogens (tertiary/aromatic N) is 2. The Balaban J connectivity index is 2.39. The lowest BCUT2D eigenvalue weighted by atomic mass is 9.98. The van der Waals surface area contributed by atoms with Gasteiger partial charge >= 0.3 is 0 Å². The van der Waals surface area contributed by atoms with E-state index in [1.807, 2.05) is 0 Å². The summed E-state index contributed by atoms with van der Waals surface area (Å²) in [6.45, 7) is 0. The van der Waals surface area contributed by atoms with Crippen molar-refractivity contribution in [3.05, 3.63) is 33.9 Å². The van der Waals surface area contributed by atoms with Gasteiger partial charge in [0, 0.05) is 12.1 Å². The van der Waals surface area contributed by atoms with Crippen molar-refractivity contribution >= 4 is 17.3 Å². The van der Waals surface area contributed by atoms with Crippen molar-refractivity contribution < 1.29 is 19.2 Å². The molecule has 18 heavy (non-hydrogen) atoms. The SMILES string of the molecule is N#CC(=O)C1CC(=O)c2cc([N+](=O)[O-])ccc2O1. The molecular formula is C11H6N2O5. The van der Waals surface area contributed by atoms with Crippen LogP contribution >= 0.6 is 0 Å². The largest absolute Gasteiger partial charge is 0.480 e. The average molecular weight is 246 g/mol. The number of carbonyl (C=O) groups excluding carboxylic acids is 2. The second-order valence-electron chi connectivity index (χ2n) is 3.65. The molecule has 0 N–H and O–H groups in total. The molecule has 0 aromatic heterocycles. The minimum atomic E-state index is -1.13. The zero-order valence-electron chi connectivity index (χ0n) is 8.95. The summed E-state index contributed by atoms with van der Waals surface area (Å²) in [5.41, 5.74) is -0.165. The van der Waals surface area contributed by atoms with Gasteiger partial charge in [0.1, 0.15) is 11.8 Å². The van der Waals surface area contributed by atoms with Crippen LogP contribution in [0.3, 0.4) is 0 Å². The summed E-state index contributed by atoms with van der Waals surface area (Å²) in [5.74, 6) is -1.20. The van der Waals surface area contributed by atoms with Gasteiger partial charge in [0.05, 0.1) is 16.9 Å². The van der Waals surface area contributed by atoms with E-state index in [9.17, 15) is 19.7 Å². The van der Waals surface area contributed by atoms with Gasteiger partial charge in [0.2, 0.25) is 0 Å². The molecule has 1 unspecified atom stereocenters. The van der Waals surface area contributed by atoms with E-state index in [0.29, 0.717) is 0 Å². The lowest BCUT2D eigenvalue weighted by Crippen LogP contribution is -2.33. The Bertz CT molecular complexity index is 602. The van der Waals surface area contributed by atoms with Crippen LogP contribution in [-0.2, 0) is 4.79 Å². The number of nitriles is 1. The lowest BCUT2D eigenvalue weighted by Gasteiger charge is -2.21. The molecule has 1 heterocycles. The number of rotatable bonds is 2. The molecule has 1 aliphatic rings. The molecule has 0 spiro atoms. The van der Waals surface area contributed by atoms with Gasteiger partial charge in [-0.3, -0.25) is 19.7 Å². The highest BCUT2D eigenvalue weighted by molar-refractivity contribution is 6.06. The van der Waals surface area contributed by atoms with Crippen LogP contribution in [0.4, 0.5) is 5.69 Å². The van der Waals surface area contributed by atoms with Gasteiger partial charge in [-0.25, -0.2) is 0 Å². The number of ether oxygens (including phenoxy) is 1. The molecule has 0 saturated heterocycles. The Hall–Kier alpha value is -2.75. The predicted octanol–water partition coefficient (Wildman–Crippen LogP) is 1.02. The van der Waals surface area contributed by atoms with E-state index in [-0.39, 0.29) is 23.4 Å². The van der Waals surface area contributed by atoms with E-state index in [1.54, 1.807) is 0 Å². The van der Waals surface area contributed by atoms with Gasteiger partial charge in [0.25, 0.3) is 11.5 Å². The number of benzene rings is 1. The van der Waals surface area contributed by atoms with Crippen LogP contribution < -0.4 is 4.74 Å². The molecule has 2 rings (SSSR count). The van der Waals surface area contributed by atoms with Crippen molar-refractivity contribution in [2.75, 3.05) is 0 Å². The first-order valence-corrected chi connectivity index (χ1v) is 4.95. The maximum absolute atomic E-state index is 11.7. The Labute approximate surface area is 101 Å². The van der Waals surface area contributed by atoms with Crippen LogP contribution in [0.25, 0.3) is 0 Å². The highest BCUT2D eigenvalue weighted by Crippen LogP contribution is 2.30. The number of nitro groups is 1. The molecule has 1 atom stereocenters. The van der Waals surface area contributed by atoms with E-state index >= 15 is 0 Å². The molecule has 1 aromatic carbocycles. The van der Waals surface area contributed by atoms with Gasteiger partial charge in [-0.2, -0.15) is 5.26 Å². The summed E-state index contributed by atoms with van der Waals surface area (Å²) >= 11 is 0. The first-order chi connectivity index (χ1) is 8.52. The fourth-order valence-electron chi connectivity index (χ4n) is 1.64. The third kappa shape index (κ3) is 1.91. The van der Waals surface area contributed by atoms with Crippen LogP contribution in [-0.4, -0.2) is 22.6 Å². The molecule has 1 aliphatic heterocycles. The predicted molar refractivity (Wildman–Crippen MR) is 57.1 cm³/mol. The maximum Gasteiger partial charge on any atom is 0.272 e. The second kappa shape index (κ2) is 4.25. The summed E-state index contributed by atoms with van der Waals surface area (Å²) < 4.78 is 5.17. The topological polar surface area (TPSA) is 110 Å². The molecule has 0 radical (unpaired) electrons. The van der Waals surface area contributed by atoms with E-state index < -0.39 is 22.6 Å². The minimum absolute atomic E-state index is 0.0613. The van der Waals surface area contributed by atoms with Crippen molar-refractivity contribution in [3.8, 4) is 11.8 Å². The zero-order chi connectivity index (χ0) is 13.3. The van der Waals surface area contributed by atoms with E-state index in [1.165, 1.54) is 18.2 Å². The number of carbonyl (C=O) groups is 2. The molecule has 0 aliphatic carbocycles. The van der Waals surface area contributed by atoms with Gasteiger partial charge in [-0.05, 0) is 6.07 Å². The number of hydrogen-bond donors (Lipinski definition) is 0. The Morgan fingerprint density at radius 2 is 2.28 bits per heavy atom. The number of non-ortho nitro benzene ring substituents is 1.